The molecule has 0 aliphatic carbocycles. The maximum Gasteiger partial charge on any atom is 0.334 e. The van der Waals surface area contributed by atoms with Crippen molar-refractivity contribution >= 4 is 34.9 Å². The molecule has 0 saturated carbocycles. The number of urea groups is 1. The van der Waals surface area contributed by atoms with E-state index in [-0.39, 0.29) is 10.7 Å². The lowest BCUT2D eigenvalue weighted by Gasteiger charge is -2.16. The number of thiophene rings is 1. The fourth-order valence-electron chi connectivity index (χ4n) is 2.98. The maximum absolute atomic E-state index is 14.9. The molecular formula is C21H19ClF2N4O2S. The number of nitrogens with zero attached hydrogens (tertiary/aromatic N) is 1. The zero-order valence-electron chi connectivity index (χ0n) is 16.8. The first-order valence-electron chi connectivity index (χ1n) is 9.20. The number of pyridine rings is 1. The van der Waals surface area contributed by atoms with Crippen molar-refractivity contribution < 1.29 is 18.4 Å². The molecular weight excluding hydrogens is 446 g/mol. The number of aromatic nitrogens is 1. The average Bonchev–Trinajstić information content (AvgIpc) is 3.11. The summed E-state index contributed by atoms with van der Waals surface area (Å²) in [5, 5.41) is 2.64. The molecule has 3 aromatic rings. The number of benzene rings is 1. The Hall–Kier alpha value is -3.04. The summed E-state index contributed by atoms with van der Waals surface area (Å²) in [5.74, 6) is -1.65. The van der Waals surface area contributed by atoms with Crippen LogP contribution in [0.25, 0.3) is 21.6 Å². The highest BCUT2D eigenvalue weighted by Crippen LogP contribution is 2.40. The lowest BCUT2D eigenvalue weighted by atomic mass is 9.98. The van der Waals surface area contributed by atoms with E-state index in [0.717, 1.165) is 4.88 Å². The van der Waals surface area contributed by atoms with Crippen LogP contribution in [0, 0.1) is 18.6 Å². The summed E-state index contributed by atoms with van der Waals surface area (Å²) in [6, 6.07) is 6.16. The molecule has 0 radical (unpaired) electrons. The highest BCUT2D eigenvalue weighted by Gasteiger charge is 2.20. The molecule has 1 aromatic carbocycles. The van der Waals surface area contributed by atoms with Gasteiger partial charge in [-0.3, -0.25) is 15.2 Å². The quantitative estimate of drug-likeness (QED) is 0.468. The summed E-state index contributed by atoms with van der Waals surface area (Å²) in [7, 11) is 0. The van der Waals surface area contributed by atoms with Crippen molar-refractivity contribution in [2.45, 2.75) is 26.8 Å². The van der Waals surface area contributed by atoms with Crippen LogP contribution >= 0.6 is 22.9 Å². The number of nitrogens with one attached hydrogen (secondary N) is 3. The number of hydrogen-bond acceptors (Lipinski definition) is 4. The number of rotatable bonds is 4. The van der Waals surface area contributed by atoms with Crippen molar-refractivity contribution in [2.75, 3.05) is 0 Å². The minimum absolute atomic E-state index is 0.0160. The van der Waals surface area contributed by atoms with Gasteiger partial charge in [0.1, 0.15) is 11.6 Å². The molecule has 162 valence electrons. The van der Waals surface area contributed by atoms with Crippen molar-refractivity contribution in [1.82, 2.24) is 21.2 Å². The summed E-state index contributed by atoms with van der Waals surface area (Å²) < 4.78 is 29.7. The SMILES string of the molecule is CC(=O)NNC(=O)N[C@H](C)c1ncc(-c2cc(Cl)cc(F)c2-c2ccc(C)s2)cc1F. The van der Waals surface area contributed by atoms with Gasteiger partial charge in [-0.1, -0.05) is 11.6 Å². The summed E-state index contributed by atoms with van der Waals surface area (Å²) >= 11 is 7.47. The maximum atomic E-state index is 14.9. The van der Waals surface area contributed by atoms with Gasteiger partial charge in [-0.05, 0) is 49.7 Å². The van der Waals surface area contributed by atoms with Crippen molar-refractivity contribution in [3.8, 4) is 21.6 Å². The second-order valence-corrected chi connectivity index (χ2v) is 8.54. The lowest BCUT2D eigenvalue weighted by Crippen LogP contribution is -2.46. The van der Waals surface area contributed by atoms with Gasteiger partial charge in [0.25, 0.3) is 0 Å². The Morgan fingerprint density at radius 3 is 2.48 bits per heavy atom. The molecule has 1 atom stereocenters. The van der Waals surface area contributed by atoms with Crippen LogP contribution in [-0.4, -0.2) is 16.9 Å². The molecule has 0 aliphatic rings. The number of hydrogen-bond donors (Lipinski definition) is 3. The molecule has 10 heteroatoms. The van der Waals surface area contributed by atoms with Gasteiger partial charge in [0, 0.05) is 39.0 Å². The van der Waals surface area contributed by atoms with E-state index in [0.29, 0.717) is 21.6 Å². The standard InChI is InChI=1S/C21H19ClF2N4O2S/c1-10-4-5-18(31-10)19-15(7-14(22)8-16(19)23)13-6-17(24)20(25-9-13)11(2)26-21(30)28-27-12(3)29/h4-9,11H,1-3H3,(H,27,29)(H2,26,28,30)/t11-/m1/s1. The van der Waals surface area contributed by atoms with Crippen LogP contribution < -0.4 is 16.2 Å². The first kappa shape index (κ1) is 22.6. The van der Waals surface area contributed by atoms with Gasteiger partial charge in [-0.25, -0.2) is 19.0 Å². The van der Waals surface area contributed by atoms with E-state index < -0.39 is 29.6 Å². The number of carbonyl (C=O) groups is 2. The van der Waals surface area contributed by atoms with Gasteiger partial charge >= 0.3 is 6.03 Å². The van der Waals surface area contributed by atoms with E-state index in [9.17, 15) is 18.4 Å². The molecule has 0 bridgehead atoms. The monoisotopic (exact) mass is 464 g/mol. The molecule has 31 heavy (non-hydrogen) atoms. The Morgan fingerprint density at radius 1 is 1.13 bits per heavy atom. The number of halogens is 3. The summed E-state index contributed by atoms with van der Waals surface area (Å²) in [6.45, 7) is 4.68. The number of carbonyl (C=O) groups excluding carboxylic acids is 2. The van der Waals surface area contributed by atoms with Crippen molar-refractivity contribution in [1.29, 1.82) is 0 Å². The highest BCUT2D eigenvalue weighted by molar-refractivity contribution is 7.15. The van der Waals surface area contributed by atoms with Gasteiger partial charge in [0.05, 0.1) is 11.7 Å². The second kappa shape index (κ2) is 9.40. The third kappa shape index (κ3) is 5.36. The molecule has 3 rings (SSSR count). The van der Waals surface area contributed by atoms with E-state index in [1.54, 1.807) is 12.1 Å². The second-order valence-electron chi connectivity index (χ2n) is 6.81. The lowest BCUT2D eigenvalue weighted by molar-refractivity contribution is -0.119. The predicted molar refractivity (Wildman–Crippen MR) is 117 cm³/mol. The molecule has 0 fully saturated rings. The van der Waals surface area contributed by atoms with E-state index in [2.05, 4.69) is 21.2 Å². The zero-order valence-corrected chi connectivity index (χ0v) is 18.4. The number of hydrazine groups is 1. The molecule has 0 unspecified atom stereocenters. The van der Waals surface area contributed by atoms with Crippen molar-refractivity contribution in [2.24, 2.45) is 0 Å². The first-order chi connectivity index (χ1) is 14.7. The molecule has 6 nitrogen and oxygen atoms in total. The van der Waals surface area contributed by atoms with E-state index >= 15 is 0 Å². The van der Waals surface area contributed by atoms with Gasteiger partial charge in [0.2, 0.25) is 5.91 Å². The van der Waals surface area contributed by atoms with Gasteiger partial charge in [-0.15, -0.1) is 11.3 Å². The number of amides is 3. The average molecular weight is 465 g/mol. The van der Waals surface area contributed by atoms with E-state index in [1.807, 2.05) is 13.0 Å². The third-order valence-electron chi connectivity index (χ3n) is 4.33. The Balaban J connectivity index is 1.93. The topological polar surface area (TPSA) is 83.1 Å². The Morgan fingerprint density at radius 2 is 1.87 bits per heavy atom. The molecule has 3 amide bonds. The van der Waals surface area contributed by atoms with Crippen LogP contribution in [0.5, 0.6) is 0 Å². The van der Waals surface area contributed by atoms with Crippen molar-refractivity contribution in [3.05, 3.63) is 63.8 Å². The van der Waals surface area contributed by atoms with Crippen molar-refractivity contribution in [3.63, 3.8) is 0 Å². The first-order valence-corrected chi connectivity index (χ1v) is 10.4. The van der Waals surface area contributed by atoms with E-state index in [1.165, 1.54) is 43.5 Å². The molecule has 2 heterocycles. The fourth-order valence-corrected chi connectivity index (χ4v) is 4.11. The van der Waals surface area contributed by atoms with Crippen LogP contribution in [-0.2, 0) is 4.79 Å². The van der Waals surface area contributed by atoms with Crippen LogP contribution in [0.4, 0.5) is 13.6 Å². The largest absolute Gasteiger partial charge is 0.334 e. The normalized spacial score (nSPS) is 11.7. The minimum Gasteiger partial charge on any atom is -0.329 e. The summed E-state index contributed by atoms with van der Waals surface area (Å²) in [5.41, 5.74) is 5.30. The number of aryl methyl sites for hydroxylation is 1. The Kier molecular flexibility index (Phi) is 6.87. The zero-order chi connectivity index (χ0) is 22.7. The van der Waals surface area contributed by atoms with Crippen LogP contribution in [0.3, 0.4) is 0 Å². The highest BCUT2D eigenvalue weighted by atomic mass is 35.5. The Bertz CT molecular complexity index is 1150. The summed E-state index contributed by atoms with van der Waals surface area (Å²) in [6.07, 6.45) is 1.40. The third-order valence-corrected chi connectivity index (χ3v) is 5.57. The van der Waals surface area contributed by atoms with Gasteiger partial charge in [-0.2, -0.15) is 0 Å². The van der Waals surface area contributed by atoms with Crippen LogP contribution in [0.15, 0.2) is 36.5 Å². The molecule has 0 spiro atoms. The molecule has 0 saturated heterocycles. The van der Waals surface area contributed by atoms with E-state index in [4.69, 9.17) is 11.6 Å². The smallest absolute Gasteiger partial charge is 0.329 e. The molecule has 3 N–H and O–H groups in total. The fraction of sp³-hybridized carbons (Fsp3) is 0.190. The predicted octanol–water partition coefficient (Wildman–Crippen LogP) is 5.13. The molecule has 2 aromatic heterocycles. The van der Waals surface area contributed by atoms with Gasteiger partial charge in [0.15, 0.2) is 0 Å². The van der Waals surface area contributed by atoms with Crippen LogP contribution in [0.1, 0.15) is 30.5 Å². The van der Waals surface area contributed by atoms with Gasteiger partial charge < -0.3 is 5.32 Å². The van der Waals surface area contributed by atoms with Crippen LogP contribution in [0.2, 0.25) is 5.02 Å². The molecule has 0 aliphatic heterocycles. The summed E-state index contributed by atoms with van der Waals surface area (Å²) in [4.78, 5) is 28.4. The minimum atomic E-state index is -0.793. The Labute approximate surface area is 186 Å².